The van der Waals surface area contributed by atoms with Gasteiger partial charge in [0.05, 0.1) is 0 Å². The molecule has 1 saturated heterocycles. The topological polar surface area (TPSA) is 49.4 Å². The summed E-state index contributed by atoms with van der Waals surface area (Å²) in [6.07, 6.45) is 3.21. The summed E-state index contributed by atoms with van der Waals surface area (Å²) in [6, 6.07) is 7.58. The van der Waals surface area contributed by atoms with E-state index in [-0.39, 0.29) is 25.2 Å². The second-order valence-electron chi connectivity index (χ2n) is 8.37. The maximum atomic E-state index is 13.0. The Balaban J connectivity index is 0.00000392. The van der Waals surface area contributed by atoms with Gasteiger partial charge in [-0.3, -0.25) is 9.59 Å². The van der Waals surface area contributed by atoms with Crippen LogP contribution in [0.25, 0.3) is 0 Å². The molecule has 1 heterocycles. The van der Waals surface area contributed by atoms with E-state index in [9.17, 15) is 9.59 Å². The molecule has 2 rings (SSSR count). The summed E-state index contributed by atoms with van der Waals surface area (Å²) in [5.74, 6) is 1.05. The van der Waals surface area contributed by atoms with Crippen molar-refractivity contribution in [1.29, 1.82) is 0 Å². The number of hydrogen-bond acceptors (Lipinski definition) is 2. The summed E-state index contributed by atoms with van der Waals surface area (Å²) in [6.45, 7) is 9.65. The SMILES string of the molecule is C.CC(C)CCC(=O)N[C@@H](C(=O)N1CCC(c2ccc(Cl)cc2)CC1)C(C)C. The van der Waals surface area contributed by atoms with Crippen molar-refractivity contribution in [2.24, 2.45) is 11.8 Å². The lowest BCUT2D eigenvalue weighted by atomic mass is 9.89. The average Bonchev–Trinajstić information content (AvgIpc) is 2.64. The van der Waals surface area contributed by atoms with Crippen LogP contribution in [0.1, 0.15) is 72.3 Å². The van der Waals surface area contributed by atoms with Crippen LogP contribution in [0.15, 0.2) is 24.3 Å². The van der Waals surface area contributed by atoms with Gasteiger partial charge in [-0.15, -0.1) is 0 Å². The summed E-state index contributed by atoms with van der Waals surface area (Å²) < 4.78 is 0. The molecule has 1 atom stereocenters. The van der Waals surface area contributed by atoms with Gasteiger partial charge in [-0.05, 0) is 54.7 Å². The van der Waals surface area contributed by atoms with Crippen molar-refractivity contribution in [2.75, 3.05) is 13.1 Å². The highest BCUT2D eigenvalue weighted by Crippen LogP contribution is 2.29. The van der Waals surface area contributed by atoms with Crippen molar-refractivity contribution in [1.82, 2.24) is 10.2 Å². The molecule has 0 spiro atoms. The highest BCUT2D eigenvalue weighted by Gasteiger charge is 2.31. The predicted molar refractivity (Wildman–Crippen MR) is 118 cm³/mol. The molecule has 1 aromatic carbocycles. The van der Waals surface area contributed by atoms with Gasteiger partial charge in [0, 0.05) is 24.5 Å². The monoisotopic (exact) mass is 408 g/mol. The lowest BCUT2D eigenvalue weighted by Gasteiger charge is -2.35. The number of rotatable bonds is 7. The summed E-state index contributed by atoms with van der Waals surface area (Å²) in [5.41, 5.74) is 1.29. The zero-order valence-corrected chi connectivity index (χ0v) is 17.8. The molecule has 1 fully saturated rings. The number of nitrogens with one attached hydrogen (secondary N) is 1. The van der Waals surface area contributed by atoms with Gasteiger partial charge in [-0.25, -0.2) is 0 Å². The van der Waals surface area contributed by atoms with Crippen LogP contribution < -0.4 is 5.32 Å². The van der Waals surface area contributed by atoms with Gasteiger partial charge in [-0.2, -0.15) is 0 Å². The summed E-state index contributed by atoms with van der Waals surface area (Å²) >= 11 is 5.97. The molecule has 2 amide bonds. The minimum atomic E-state index is -0.434. The Labute approximate surface area is 176 Å². The van der Waals surface area contributed by atoms with Gasteiger partial charge in [-0.1, -0.05) is 58.9 Å². The first-order chi connectivity index (χ1) is 12.8. The third kappa shape index (κ3) is 7.12. The third-order valence-corrected chi connectivity index (χ3v) is 5.60. The summed E-state index contributed by atoms with van der Waals surface area (Å²) in [5, 5.41) is 3.72. The number of benzene rings is 1. The Morgan fingerprint density at radius 2 is 1.68 bits per heavy atom. The van der Waals surface area contributed by atoms with Gasteiger partial charge in [0.1, 0.15) is 6.04 Å². The number of carbonyl (C=O) groups is 2. The number of nitrogens with zero attached hydrogens (tertiary/aromatic N) is 1. The second kappa shape index (κ2) is 11.5. The molecule has 1 aliphatic heterocycles. The van der Waals surface area contributed by atoms with Crippen LogP contribution in [0.2, 0.25) is 5.02 Å². The Morgan fingerprint density at radius 3 is 2.18 bits per heavy atom. The van der Waals surface area contributed by atoms with Crippen molar-refractivity contribution in [3.8, 4) is 0 Å². The van der Waals surface area contributed by atoms with Gasteiger partial charge in [0.2, 0.25) is 11.8 Å². The molecule has 4 nitrogen and oxygen atoms in total. The molecule has 0 bridgehead atoms. The first-order valence-electron chi connectivity index (χ1n) is 10.1. The van der Waals surface area contributed by atoms with Crippen LogP contribution in [0.4, 0.5) is 0 Å². The van der Waals surface area contributed by atoms with E-state index in [1.807, 2.05) is 30.9 Å². The number of likely N-dealkylation sites (tertiary alicyclic amines) is 1. The van der Waals surface area contributed by atoms with Crippen molar-refractivity contribution in [2.45, 2.75) is 72.8 Å². The Morgan fingerprint density at radius 1 is 1.11 bits per heavy atom. The van der Waals surface area contributed by atoms with E-state index in [4.69, 9.17) is 11.6 Å². The van der Waals surface area contributed by atoms with E-state index in [1.54, 1.807) is 0 Å². The number of carbonyl (C=O) groups excluding carboxylic acids is 2. The van der Waals surface area contributed by atoms with E-state index >= 15 is 0 Å². The van der Waals surface area contributed by atoms with E-state index in [2.05, 4.69) is 31.3 Å². The minimum Gasteiger partial charge on any atom is -0.344 e. The van der Waals surface area contributed by atoms with Crippen molar-refractivity contribution < 1.29 is 9.59 Å². The second-order valence-corrected chi connectivity index (χ2v) is 8.81. The largest absolute Gasteiger partial charge is 0.344 e. The molecule has 0 aromatic heterocycles. The van der Waals surface area contributed by atoms with Gasteiger partial charge >= 0.3 is 0 Å². The lowest BCUT2D eigenvalue weighted by molar-refractivity contribution is -0.138. The Bertz CT molecular complexity index is 620. The fraction of sp³-hybridized carbons (Fsp3) is 0.652. The predicted octanol–water partition coefficient (Wildman–Crippen LogP) is 5.26. The van der Waals surface area contributed by atoms with Crippen molar-refractivity contribution >= 4 is 23.4 Å². The van der Waals surface area contributed by atoms with Crippen LogP contribution >= 0.6 is 11.6 Å². The highest BCUT2D eigenvalue weighted by atomic mass is 35.5. The first kappa shape index (κ1) is 24.5. The molecule has 1 N–H and O–H groups in total. The van der Waals surface area contributed by atoms with Gasteiger partial charge in [0.15, 0.2) is 0 Å². The van der Waals surface area contributed by atoms with E-state index in [0.29, 0.717) is 18.3 Å². The molecule has 0 unspecified atom stereocenters. The minimum absolute atomic E-state index is 0. The standard InChI is InChI=1S/C22H33ClN2O2.CH4/c1-15(2)5-10-20(26)24-21(16(3)4)22(27)25-13-11-18(12-14-25)17-6-8-19(23)9-7-17;/h6-9,15-16,18,21H,5,10-14H2,1-4H3,(H,24,26);1H4/t21-;/m1./s1. The van der Waals surface area contributed by atoms with Crippen molar-refractivity contribution in [3.63, 3.8) is 0 Å². The van der Waals surface area contributed by atoms with Crippen LogP contribution in [0, 0.1) is 11.8 Å². The summed E-state index contributed by atoms with van der Waals surface area (Å²) in [7, 11) is 0. The molecule has 0 saturated carbocycles. The van der Waals surface area contributed by atoms with Crippen LogP contribution in [0.3, 0.4) is 0 Å². The molecule has 5 heteroatoms. The maximum Gasteiger partial charge on any atom is 0.245 e. The quantitative estimate of drug-likeness (QED) is 0.668. The Kier molecular flexibility index (Phi) is 10.0. The van der Waals surface area contributed by atoms with Gasteiger partial charge < -0.3 is 10.2 Å². The third-order valence-electron chi connectivity index (χ3n) is 5.35. The average molecular weight is 409 g/mol. The maximum absolute atomic E-state index is 13.0. The van der Waals surface area contributed by atoms with Gasteiger partial charge in [0.25, 0.3) is 0 Å². The molecular weight excluding hydrogens is 372 g/mol. The van der Waals surface area contributed by atoms with Crippen LogP contribution in [-0.4, -0.2) is 35.8 Å². The van der Waals surface area contributed by atoms with E-state index in [1.165, 1.54) is 5.56 Å². The number of amides is 2. The Hall–Kier alpha value is -1.55. The lowest BCUT2D eigenvalue weighted by Crippen LogP contribution is -2.52. The van der Waals surface area contributed by atoms with Crippen LogP contribution in [0.5, 0.6) is 0 Å². The zero-order chi connectivity index (χ0) is 20.0. The molecule has 0 aliphatic carbocycles. The molecule has 0 radical (unpaired) electrons. The van der Waals surface area contributed by atoms with Crippen molar-refractivity contribution in [3.05, 3.63) is 34.9 Å². The highest BCUT2D eigenvalue weighted by molar-refractivity contribution is 6.30. The molecule has 1 aromatic rings. The first-order valence-corrected chi connectivity index (χ1v) is 10.5. The molecule has 28 heavy (non-hydrogen) atoms. The molecular formula is C23H37ClN2O2. The smallest absolute Gasteiger partial charge is 0.245 e. The number of halogens is 1. The fourth-order valence-electron chi connectivity index (χ4n) is 3.54. The van der Waals surface area contributed by atoms with E-state index < -0.39 is 6.04 Å². The zero-order valence-electron chi connectivity index (χ0n) is 17.0. The van der Waals surface area contributed by atoms with E-state index in [0.717, 1.165) is 37.4 Å². The number of hydrogen-bond donors (Lipinski definition) is 1. The molecule has 158 valence electrons. The van der Waals surface area contributed by atoms with Crippen LogP contribution in [-0.2, 0) is 9.59 Å². The molecule has 1 aliphatic rings. The normalized spacial score (nSPS) is 16.0. The number of piperidine rings is 1. The fourth-order valence-corrected chi connectivity index (χ4v) is 3.67. The summed E-state index contributed by atoms with van der Waals surface area (Å²) in [4.78, 5) is 27.1.